The molecular formula is C17H24N2O. The molecule has 2 aromatic rings. The van der Waals surface area contributed by atoms with Crippen molar-refractivity contribution < 1.29 is 4.42 Å². The summed E-state index contributed by atoms with van der Waals surface area (Å²) >= 11 is 0. The van der Waals surface area contributed by atoms with Gasteiger partial charge in [-0.2, -0.15) is 0 Å². The van der Waals surface area contributed by atoms with Crippen LogP contribution >= 0.6 is 0 Å². The van der Waals surface area contributed by atoms with Crippen LogP contribution in [0.15, 0.2) is 40.9 Å². The van der Waals surface area contributed by atoms with E-state index in [0.29, 0.717) is 18.5 Å². The number of benzene rings is 1. The van der Waals surface area contributed by atoms with Crippen molar-refractivity contribution in [2.45, 2.75) is 46.2 Å². The fourth-order valence-corrected chi connectivity index (χ4v) is 2.30. The van der Waals surface area contributed by atoms with Gasteiger partial charge < -0.3 is 9.73 Å². The van der Waals surface area contributed by atoms with Crippen LogP contribution in [0.4, 0.5) is 0 Å². The Hall–Kier alpha value is -1.61. The zero-order valence-corrected chi connectivity index (χ0v) is 12.6. The first kappa shape index (κ1) is 14.8. The third kappa shape index (κ3) is 4.20. The maximum Gasteiger partial charge on any atom is 0.208 e. The Morgan fingerprint density at radius 2 is 1.95 bits per heavy atom. The second-order valence-electron chi connectivity index (χ2n) is 5.55. The summed E-state index contributed by atoms with van der Waals surface area (Å²) in [6, 6.07) is 10.9. The predicted molar refractivity (Wildman–Crippen MR) is 81.4 cm³/mol. The molecule has 0 aliphatic heterocycles. The summed E-state index contributed by atoms with van der Waals surface area (Å²) in [6.45, 7) is 7.24. The van der Waals surface area contributed by atoms with Crippen molar-refractivity contribution in [1.82, 2.24) is 10.3 Å². The van der Waals surface area contributed by atoms with E-state index in [2.05, 4.69) is 61.4 Å². The molecule has 3 nitrogen and oxygen atoms in total. The van der Waals surface area contributed by atoms with Gasteiger partial charge in [-0.15, -0.1) is 0 Å². The Kier molecular flexibility index (Phi) is 5.36. The molecular weight excluding hydrogens is 248 g/mol. The highest BCUT2D eigenvalue weighted by Crippen LogP contribution is 2.21. The van der Waals surface area contributed by atoms with E-state index < -0.39 is 0 Å². The number of nitrogens with one attached hydrogen (secondary N) is 1. The summed E-state index contributed by atoms with van der Waals surface area (Å²) in [5.74, 6) is 2.36. The van der Waals surface area contributed by atoms with Gasteiger partial charge in [0.05, 0.1) is 12.7 Å². The maximum absolute atomic E-state index is 5.65. The molecule has 0 radical (unpaired) electrons. The topological polar surface area (TPSA) is 38.1 Å². The van der Waals surface area contributed by atoms with Crippen LogP contribution in [0.3, 0.4) is 0 Å². The second-order valence-corrected chi connectivity index (χ2v) is 5.55. The molecule has 1 aromatic heterocycles. The molecule has 1 N–H and O–H groups in total. The minimum Gasteiger partial charge on any atom is -0.444 e. The van der Waals surface area contributed by atoms with Crippen LogP contribution in [0.5, 0.6) is 0 Å². The summed E-state index contributed by atoms with van der Waals surface area (Å²) in [5, 5.41) is 3.56. The first-order valence-electron chi connectivity index (χ1n) is 7.41. The molecule has 0 saturated carbocycles. The van der Waals surface area contributed by atoms with Gasteiger partial charge in [-0.1, -0.05) is 51.1 Å². The average Bonchev–Trinajstić information content (AvgIpc) is 2.92. The van der Waals surface area contributed by atoms with Crippen molar-refractivity contribution in [3.05, 3.63) is 53.7 Å². The highest BCUT2D eigenvalue weighted by molar-refractivity contribution is 5.19. The first-order chi connectivity index (χ1) is 9.69. The quantitative estimate of drug-likeness (QED) is 0.824. The third-order valence-electron chi connectivity index (χ3n) is 3.36. The lowest BCUT2D eigenvalue weighted by molar-refractivity contribution is 0.385. The van der Waals surface area contributed by atoms with Gasteiger partial charge in [0.25, 0.3) is 0 Å². The summed E-state index contributed by atoms with van der Waals surface area (Å²) < 4.78 is 5.65. The van der Waals surface area contributed by atoms with Gasteiger partial charge in [0.2, 0.25) is 5.89 Å². The van der Waals surface area contributed by atoms with Crippen molar-refractivity contribution in [2.75, 3.05) is 0 Å². The number of rotatable bonds is 7. The Morgan fingerprint density at radius 3 is 2.55 bits per heavy atom. The molecule has 3 heteroatoms. The molecule has 1 aromatic carbocycles. The van der Waals surface area contributed by atoms with Crippen molar-refractivity contribution in [3.63, 3.8) is 0 Å². The minimum atomic E-state index is 0.341. The summed E-state index contributed by atoms with van der Waals surface area (Å²) in [6.07, 6.45) is 3.81. The van der Waals surface area contributed by atoms with E-state index in [4.69, 9.17) is 4.42 Å². The number of aryl methyl sites for hydroxylation is 1. The minimum absolute atomic E-state index is 0.341. The number of aromatic nitrogens is 1. The van der Waals surface area contributed by atoms with E-state index in [9.17, 15) is 0 Å². The normalized spacial score (nSPS) is 12.8. The monoisotopic (exact) mass is 272 g/mol. The van der Waals surface area contributed by atoms with Crippen LogP contribution in [0.25, 0.3) is 0 Å². The number of hydrogen-bond acceptors (Lipinski definition) is 3. The van der Waals surface area contributed by atoms with Crippen LogP contribution < -0.4 is 5.32 Å². The molecule has 0 aliphatic rings. The van der Waals surface area contributed by atoms with E-state index in [1.807, 2.05) is 6.20 Å². The van der Waals surface area contributed by atoms with E-state index >= 15 is 0 Å². The molecule has 0 spiro atoms. The average molecular weight is 272 g/mol. The van der Waals surface area contributed by atoms with Crippen molar-refractivity contribution in [2.24, 2.45) is 5.92 Å². The van der Waals surface area contributed by atoms with E-state index in [1.54, 1.807) is 0 Å². The highest BCUT2D eigenvalue weighted by atomic mass is 16.4. The predicted octanol–water partition coefficient (Wildman–Crippen LogP) is 4.11. The fraction of sp³-hybridized carbons (Fsp3) is 0.471. The van der Waals surface area contributed by atoms with Crippen LogP contribution in [0.2, 0.25) is 0 Å². The highest BCUT2D eigenvalue weighted by Gasteiger charge is 2.13. The molecule has 108 valence electrons. The van der Waals surface area contributed by atoms with Crippen LogP contribution in [0.1, 0.15) is 50.4 Å². The van der Waals surface area contributed by atoms with Gasteiger partial charge >= 0.3 is 0 Å². The lowest BCUT2D eigenvalue weighted by atomic mass is 9.97. The molecule has 1 atom stereocenters. The lowest BCUT2D eigenvalue weighted by Crippen LogP contribution is -2.22. The second kappa shape index (κ2) is 7.25. The van der Waals surface area contributed by atoms with Crippen LogP contribution in [-0.4, -0.2) is 4.98 Å². The van der Waals surface area contributed by atoms with Gasteiger partial charge in [0.15, 0.2) is 0 Å². The smallest absolute Gasteiger partial charge is 0.208 e. The summed E-state index contributed by atoms with van der Waals surface area (Å²) in [7, 11) is 0. The molecule has 0 fully saturated rings. The Morgan fingerprint density at radius 1 is 1.20 bits per heavy atom. The Bertz CT molecular complexity index is 505. The maximum atomic E-state index is 5.65. The Balaban J connectivity index is 2.01. The first-order valence-corrected chi connectivity index (χ1v) is 7.41. The third-order valence-corrected chi connectivity index (χ3v) is 3.36. The molecule has 0 amide bonds. The van der Waals surface area contributed by atoms with E-state index in [1.165, 1.54) is 5.56 Å². The molecule has 20 heavy (non-hydrogen) atoms. The van der Waals surface area contributed by atoms with E-state index in [-0.39, 0.29) is 0 Å². The zero-order valence-electron chi connectivity index (χ0n) is 12.6. The van der Waals surface area contributed by atoms with Gasteiger partial charge in [-0.25, -0.2) is 4.98 Å². The standard InChI is InChI=1S/C17H24N2O/c1-4-15-11-19-17(20-15)12-18-16(10-13(2)3)14-8-6-5-7-9-14/h5-9,11,13,16,18H,4,10,12H2,1-3H3. The zero-order chi connectivity index (χ0) is 14.4. The number of hydrogen-bond donors (Lipinski definition) is 1. The molecule has 1 heterocycles. The van der Waals surface area contributed by atoms with Crippen molar-refractivity contribution >= 4 is 0 Å². The van der Waals surface area contributed by atoms with Gasteiger partial charge in [-0.3, -0.25) is 0 Å². The van der Waals surface area contributed by atoms with Gasteiger partial charge in [-0.05, 0) is 17.9 Å². The molecule has 1 unspecified atom stereocenters. The van der Waals surface area contributed by atoms with E-state index in [0.717, 1.165) is 24.5 Å². The van der Waals surface area contributed by atoms with Gasteiger partial charge in [0, 0.05) is 12.5 Å². The molecule has 0 aliphatic carbocycles. The van der Waals surface area contributed by atoms with Gasteiger partial charge in [0.1, 0.15) is 5.76 Å². The summed E-state index contributed by atoms with van der Waals surface area (Å²) in [5.41, 5.74) is 1.32. The molecule has 0 bridgehead atoms. The Labute approximate surface area is 121 Å². The molecule has 2 rings (SSSR count). The number of nitrogens with zero attached hydrogens (tertiary/aromatic N) is 1. The lowest BCUT2D eigenvalue weighted by Gasteiger charge is -2.20. The van der Waals surface area contributed by atoms with Crippen LogP contribution in [-0.2, 0) is 13.0 Å². The number of oxazole rings is 1. The molecule has 0 saturated heterocycles. The van der Waals surface area contributed by atoms with Crippen molar-refractivity contribution in [1.29, 1.82) is 0 Å². The SMILES string of the molecule is CCc1cnc(CNC(CC(C)C)c2ccccc2)o1. The summed E-state index contributed by atoms with van der Waals surface area (Å²) in [4.78, 5) is 4.30. The van der Waals surface area contributed by atoms with Crippen molar-refractivity contribution in [3.8, 4) is 0 Å². The fourth-order valence-electron chi connectivity index (χ4n) is 2.30. The van der Waals surface area contributed by atoms with Crippen LogP contribution in [0, 0.1) is 5.92 Å². The largest absolute Gasteiger partial charge is 0.444 e.